The van der Waals surface area contributed by atoms with Gasteiger partial charge in [-0.1, -0.05) is 73.2 Å². The highest BCUT2D eigenvalue weighted by Crippen LogP contribution is 2.52. The van der Waals surface area contributed by atoms with Gasteiger partial charge >= 0.3 is 0 Å². The summed E-state index contributed by atoms with van der Waals surface area (Å²) in [6.07, 6.45) is 4.22. The van der Waals surface area contributed by atoms with Crippen LogP contribution in [0.2, 0.25) is 10.0 Å². The second kappa shape index (κ2) is 12.1. The topological polar surface area (TPSA) is 105 Å². The number of rotatable bonds is 9. The van der Waals surface area contributed by atoms with Crippen LogP contribution in [0.4, 0.5) is 4.39 Å². The Morgan fingerprint density at radius 1 is 1.22 bits per heavy atom. The Morgan fingerprint density at radius 3 is 2.57 bits per heavy atom. The second-order valence-electron chi connectivity index (χ2n) is 10.1. The predicted molar refractivity (Wildman–Crippen MR) is 141 cm³/mol. The lowest BCUT2D eigenvalue weighted by molar-refractivity contribution is -0.123. The van der Waals surface area contributed by atoms with E-state index in [2.05, 4.69) is 16.7 Å². The van der Waals surface area contributed by atoms with E-state index >= 15 is 4.39 Å². The van der Waals surface area contributed by atoms with Crippen molar-refractivity contribution in [2.75, 3.05) is 13.2 Å². The highest BCUT2D eigenvalue weighted by molar-refractivity contribution is 6.31. The summed E-state index contributed by atoms with van der Waals surface area (Å²) in [6.45, 7) is -0.289. The number of benzene rings is 2. The molecule has 6 nitrogen and oxygen atoms in total. The van der Waals surface area contributed by atoms with Crippen molar-refractivity contribution in [1.82, 2.24) is 10.6 Å². The summed E-state index contributed by atoms with van der Waals surface area (Å²) in [5.74, 6) is -1.55. The third-order valence-corrected chi connectivity index (χ3v) is 8.44. The van der Waals surface area contributed by atoms with Crippen molar-refractivity contribution in [3.63, 3.8) is 0 Å². The minimum absolute atomic E-state index is 0.0788. The van der Waals surface area contributed by atoms with Crippen LogP contribution in [-0.2, 0) is 10.2 Å². The van der Waals surface area contributed by atoms with Gasteiger partial charge in [-0.2, -0.15) is 5.26 Å². The van der Waals surface area contributed by atoms with Gasteiger partial charge in [-0.15, -0.1) is 0 Å². The Balaban J connectivity index is 1.82. The molecule has 1 amide bonds. The van der Waals surface area contributed by atoms with E-state index in [1.807, 2.05) is 0 Å². The van der Waals surface area contributed by atoms with Crippen LogP contribution < -0.4 is 10.6 Å². The van der Waals surface area contributed by atoms with Crippen LogP contribution in [0.25, 0.3) is 0 Å². The Morgan fingerprint density at radius 2 is 1.92 bits per heavy atom. The number of halogens is 3. The first kappa shape index (κ1) is 27.8. The lowest BCUT2D eigenvalue weighted by Crippen LogP contribution is -2.46. The average molecular weight is 548 g/mol. The number of nitriles is 1. The number of hydrogen-bond acceptors (Lipinski definition) is 5. The maximum Gasteiger partial charge on any atom is 0.237 e. The van der Waals surface area contributed by atoms with E-state index in [0.717, 1.165) is 25.7 Å². The highest BCUT2D eigenvalue weighted by Gasteiger charge is 2.60. The molecule has 1 saturated heterocycles. The van der Waals surface area contributed by atoms with Gasteiger partial charge in [0, 0.05) is 23.5 Å². The first-order valence-electron chi connectivity index (χ1n) is 12.8. The van der Waals surface area contributed by atoms with Crippen molar-refractivity contribution in [3.05, 3.63) is 69.5 Å². The molecule has 198 valence electrons. The fraction of sp³-hybridized carbons (Fsp3) is 0.500. The Labute approximate surface area is 226 Å². The molecule has 4 rings (SSSR count). The summed E-state index contributed by atoms with van der Waals surface area (Å²) in [4.78, 5) is 13.6. The largest absolute Gasteiger partial charge is 0.394 e. The highest BCUT2D eigenvalue weighted by atomic mass is 35.5. The minimum atomic E-state index is -1.27. The van der Waals surface area contributed by atoms with Gasteiger partial charge in [0.2, 0.25) is 5.91 Å². The molecule has 2 fully saturated rings. The first-order chi connectivity index (χ1) is 17.8. The predicted octanol–water partition coefficient (Wildman–Crippen LogP) is 4.46. The smallest absolute Gasteiger partial charge is 0.237 e. The van der Waals surface area contributed by atoms with Gasteiger partial charge in [-0.3, -0.25) is 4.79 Å². The quantitative estimate of drug-likeness (QED) is 0.371. The van der Waals surface area contributed by atoms with E-state index in [4.69, 9.17) is 28.3 Å². The molecule has 5 atom stereocenters. The molecule has 1 saturated carbocycles. The number of hydrogen-bond donors (Lipinski definition) is 4. The van der Waals surface area contributed by atoms with Crippen molar-refractivity contribution < 1.29 is 19.4 Å². The fourth-order valence-corrected chi connectivity index (χ4v) is 6.36. The zero-order valence-corrected chi connectivity index (χ0v) is 22.0. The van der Waals surface area contributed by atoms with Crippen LogP contribution in [0.3, 0.4) is 0 Å². The molecular weight excluding hydrogens is 516 g/mol. The molecule has 0 radical (unpaired) electrons. The number of nitrogens with zero attached hydrogens (tertiary/aromatic N) is 1. The SMILES string of the molecule is N#C[C@]1(c2ccc(Cl)cc2)[C@H](CC2CCCC2)N[C@@H](C(=O)NCC[C@H](O)CO)[C@@H]1c1cccc(Cl)c1F. The number of amides is 1. The molecule has 2 aromatic rings. The van der Waals surface area contributed by atoms with Crippen molar-refractivity contribution in [1.29, 1.82) is 5.26 Å². The summed E-state index contributed by atoms with van der Waals surface area (Å²) in [5, 5.41) is 36.3. The summed E-state index contributed by atoms with van der Waals surface area (Å²) in [7, 11) is 0. The van der Waals surface area contributed by atoms with E-state index in [0.29, 0.717) is 22.9 Å². The van der Waals surface area contributed by atoms with Crippen LogP contribution in [0.5, 0.6) is 0 Å². The third-order valence-electron chi connectivity index (χ3n) is 7.89. The lowest BCUT2D eigenvalue weighted by Gasteiger charge is -2.36. The lowest BCUT2D eigenvalue weighted by atomic mass is 9.63. The van der Waals surface area contributed by atoms with Gasteiger partial charge in [0.25, 0.3) is 0 Å². The molecule has 9 heteroatoms. The first-order valence-corrected chi connectivity index (χ1v) is 13.5. The maximum absolute atomic E-state index is 15.6. The van der Waals surface area contributed by atoms with Crippen molar-refractivity contribution in [2.45, 2.75) is 68.0 Å². The maximum atomic E-state index is 15.6. The summed E-state index contributed by atoms with van der Waals surface area (Å²) < 4.78 is 15.6. The molecule has 4 N–H and O–H groups in total. The van der Waals surface area contributed by atoms with E-state index in [9.17, 15) is 15.2 Å². The minimum Gasteiger partial charge on any atom is -0.394 e. The van der Waals surface area contributed by atoms with Crippen LogP contribution >= 0.6 is 23.2 Å². The van der Waals surface area contributed by atoms with E-state index in [1.54, 1.807) is 36.4 Å². The van der Waals surface area contributed by atoms with Crippen LogP contribution in [0.15, 0.2) is 42.5 Å². The number of aliphatic hydroxyl groups is 2. The van der Waals surface area contributed by atoms with Gasteiger partial charge in [-0.05, 0) is 48.1 Å². The Bertz CT molecular complexity index is 1140. The summed E-state index contributed by atoms with van der Waals surface area (Å²) in [5.41, 5.74) is -0.419. The second-order valence-corrected chi connectivity index (χ2v) is 11.0. The summed E-state index contributed by atoms with van der Waals surface area (Å²) in [6, 6.07) is 12.8. The third kappa shape index (κ3) is 5.64. The molecule has 0 bridgehead atoms. The van der Waals surface area contributed by atoms with Crippen LogP contribution in [-0.4, -0.2) is 47.5 Å². The Kier molecular flexibility index (Phi) is 9.10. The summed E-state index contributed by atoms with van der Waals surface area (Å²) >= 11 is 12.4. The van der Waals surface area contributed by atoms with Crippen LogP contribution in [0, 0.1) is 23.1 Å². The molecule has 1 aliphatic heterocycles. The molecule has 2 aromatic carbocycles. The zero-order chi connectivity index (χ0) is 26.6. The Hall–Kier alpha value is -2.21. The molecule has 2 aliphatic rings. The number of aliphatic hydroxyl groups excluding tert-OH is 2. The molecular formula is C28H32Cl2FN3O3. The molecule has 0 aromatic heterocycles. The number of carbonyl (C=O) groups is 1. The number of carbonyl (C=O) groups excluding carboxylic acids is 1. The van der Waals surface area contributed by atoms with Crippen LogP contribution in [0.1, 0.15) is 55.6 Å². The van der Waals surface area contributed by atoms with Crippen molar-refractivity contribution in [2.24, 2.45) is 5.92 Å². The van der Waals surface area contributed by atoms with Crippen molar-refractivity contribution >= 4 is 29.1 Å². The van der Waals surface area contributed by atoms with Gasteiger partial charge in [0.1, 0.15) is 11.2 Å². The molecule has 1 heterocycles. The monoisotopic (exact) mass is 547 g/mol. The van der Waals surface area contributed by atoms with Crippen molar-refractivity contribution in [3.8, 4) is 6.07 Å². The number of nitrogens with one attached hydrogen (secondary N) is 2. The molecule has 0 unspecified atom stereocenters. The normalized spacial score (nSPS) is 26.6. The molecule has 1 aliphatic carbocycles. The fourth-order valence-electron chi connectivity index (χ4n) is 6.05. The van der Waals surface area contributed by atoms with Gasteiger partial charge in [0.05, 0.1) is 29.8 Å². The van der Waals surface area contributed by atoms with E-state index in [1.165, 1.54) is 6.07 Å². The average Bonchev–Trinajstić information content (AvgIpc) is 3.52. The van der Waals surface area contributed by atoms with E-state index in [-0.39, 0.29) is 23.6 Å². The van der Waals surface area contributed by atoms with E-state index < -0.39 is 47.9 Å². The molecule has 37 heavy (non-hydrogen) atoms. The zero-order valence-electron chi connectivity index (χ0n) is 20.5. The standard InChI is InChI=1S/C28H32Cl2FN3O3/c29-19-10-8-18(9-11-19)28(16-32)23(14-17-4-1-2-5-17)34-26(27(37)33-13-12-20(36)15-35)24(28)21-6-3-7-22(30)25(21)31/h3,6-11,17,20,23-24,26,34-36H,1-2,4-5,12-15H2,(H,33,37)/t20-,23-,24-,26+,28-/m0/s1. The molecule has 0 spiro atoms. The van der Waals surface area contributed by atoms with Gasteiger partial charge in [0.15, 0.2) is 0 Å². The van der Waals surface area contributed by atoms with Gasteiger partial charge in [-0.25, -0.2) is 4.39 Å². The van der Waals surface area contributed by atoms with Gasteiger partial charge < -0.3 is 20.8 Å².